The summed E-state index contributed by atoms with van der Waals surface area (Å²) in [5.74, 6) is 0. The Hall–Kier alpha value is -0.400. The first-order valence-electron chi connectivity index (χ1n) is 9.07. The third kappa shape index (κ3) is 2.98. The second kappa shape index (κ2) is 5.35. The molecule has 0 saturated carbocycles. The number of benzene rings is 2. The molecule has 140 valence electrons. The van der Waals surface area contributed by atoms with E-state index in [-0.39, 0.29) is 24.8 Å². The van der Waals surface area contributed by atoms with Crippen molar-refractivity contribution in [1.82, 2.24) is 0 Å². The van der Waals surface area contributed by atoms with Gasteiger partial charge in [0.15, 0.2) is 0 Å². The van der Waals surface area contributed by atoms with Crippen LogP contribution in [0.1, 0.15) is 29.5 Å². The van der Waals surface area contributed by atoms with Crippen LogP contribution in [0.25, 0.3) is 12.2 Å². The van der Waals surface area contributed by atoms with Crippen molar-refractivity contribution in [2.45, 2.75) is 25.8 Å². The molecule has 2 aromatic rings. The molecule has 0 bridgehead atoms. The molecule has 0 aromatic heterocycles. The van der Waals surface area contributed by atoms with E-state index in [4.69, 9.17) is 0 Å². The number of hydrogen-bond donors (Lipinski definition) is 0. The fourth-order valence-electron chi connectivity index (χ4n) is 5.35. The van der Waals surface area contributed by atoms with Gasteiger partial charge in [0, 0.05) is 0 Å². The van der Waals surface area contributed by atoms with Crippen molar-refractivity contribution in [3.05, 3.63) is 82.9 Å². The van der Waals surface area contributed by atoms with E-state index in [0.29, 0.717) is 7.25 Å². The zero-order valence-electron chi connectivity index (χ0n) is 16.1. The standard InChI is InChI=1S/2C9H7.4CH3.2ClH.H2Si.Zr/c2*1-2-5-9-7-3-6-8(9)4-1;;;;;;;;/h2*1-7H;4*1H3;2*1H;1H2;. The first-order valence-corrected chi connectivity index (χ1v) is 27.7. The monoisotopic (exact) mass is 482 g/mol. The van der Waals surface area contributed by atoms with Gasteiger partial charge in [0.05, 0.1) is 0 Å². The van der Waals surface area contributed by atoms with Crippen molar-refractivity contribution < 1.29 is 14.4 Å². The molecular formula is C22H30Cl2SiZr. The third-order valence-electron chi connectivity index (χ3n) is 6.89. The molecule has 0 radical (unpaired) electrons. The molecule has 0 amide bonds. The maximum absolute atomic E-state index is 4.21. The van der Waals surface area contributed by atoms with E-state index < -0.39 is 14.4 Å². The van der Waals surface area contributed by atoms with Gasteiger partial charge in [0.2, 0.25) is 0 Å². The minimum atomic E-state index is -4.21. The summed E-state index contributed by atoms with van der Waals surface area (Å²) in [4.78, 5) is 0. The molecule has 0 fully saturated rings. The van der Waals surface area contributed by atoms with Crippen molar-refractivity contribution in [3.8, 4) is 0 Å². The Bertz CT molecular complexity index is 980. The van der Waals surface area contributed by atoms with Gasteiger partial charge in [-0.3, -0.25) is 0 Å². The van der Waals surface area contributed by atoms with Gasteiger partial charge in [-0.05, 0) is 0 Å². The fraction of sp³-hybridized carbons (Fsp3) is 0.273. The topological polar surface area (TPSA) is 0 Å². The molecule has 0 heterocycles. The minimum absolute atomic E-state index is 0. The van der Waals surface area contributed by atoms with Crippen LogP contribution in [-0.4, -0.2) is 6.88 Å². The number of rotatable bonds is 2. The second-order valence-electron chi connectivity index (χ2n) is 12.2. The molecule has 2 aliphatic rings. The predicted molar refractivity (Wildman–Crippen MR) is 123 cm³/mol. The van der Waals surface area contributed by atoms with Crippen LogP contribution in [-0.2, 0) is 14.4 Å². The van der Waals surface area contributed by atoms with Gasteiger partial charge in [-0.25, -0.2) is 0 Å². The number of fused-ring (bicyclic) bond motifs is 2. The summed E-state index contributed by atoms with van der Waals surface area (Å²) >= 11 is -4.21. The van der Waals surface area contributed by atoms with Crippen molar-refractivity contribution in [1.29, 1.82) is 0 Å². The van der Waals surface area contributed by atoms with Crippen LogP contribution < -0.4 is 0 Å². The fourth-order valence-corrected chi connectivity index (χ4v) is 25.4. The normalized spacial score (nSPS) is 24.1. The van der Waals surface area contributed by atoms with Crippen molar-refractivity contribution >= 4 is 43.8 Å². The van der Waals surface area contributed by atoms with Gasteiger partial charge >= 0.3 is 142 Å². The molecule has 0 saturated heterocycles. The van der Waals surface area contributed by atoms with Gasteiger partial charge in [-0.15, -0.1) is 24.8 Å². The van der Waals surface area contributed by atoms with E-state index in [1.54, 1.807) is 0 Å². The molecule has 0 nitrogen and oxygen atoms in total. The van der Waals surface area contributed by atoms with E-state index >= 15 is 0 Å². The Labute approximate surface area is 165 Å². The summed E-state index contributed by atoms with van der Waals surface area (Å²) in [6.07, 6.45) is 9.72. The number of hydrogen-bond acceptors (Lipinski definition) is 0. The molecule has 2 atom stereocenters. The predicted octanol–water partition coefficient (Wildman–Crippen LogP) is 6.87. The Morgan fingerprint density at radius 1 is 0.654 bits per heavy atom. The molecule has 4 heteroatoms. The summed E-state index contributed by atoms with van der Waals surface area (Å²) in [7, 11) is 0. The van der Waals surface area contributed by atoms with Crippen molar-refractivity contribution in [2.24, 2.45) is 0 Å². The van der Waals surface area contributed by atoms with Crippen LogP contribution in [0, 0.1) is 0 Å². The quantitative estimate of drug-likeness (QED) is 0.408. The molecule has 2 aromatic carbocycles. The zero-order valence-corrected chi connectivity index (χ0v) is 21.6. The van der Waals surface area contributed by atoms with Crippen LogP contribution in [0.15, 0.2) is 60.7 Å². The Kier molecular flexibility index (Phi) is 4.51. The van der Waals surface area contributed by atoms with Crippen LogP contribution in [0.3, 0.4) is 0 Å². The Morgan fingerprint density at radius 3 is 1.38 bits per heavy atom. The van der Waals surface area contributed by atoms with E-state index in [1.165, 1.54) is 22.3 Å². The first-order chi connectivity index (χ1) is 10.9. The van der Waals surface area contributed by atoms with Gasteiger partial charge < -0.3 is 0 Å². The van der Waals surface area contributed by atoms with Crippen molar-refractivity contribution in [2.75, 3.05) is 0 Å². The molecule has 2 aliphatic carbocycles. The average molecular weight is 485 g/mol. The molecule has 4 rings (SSSR count). The number of allylic oxidation sites excluding steroid dienone is 2. The number of halogens is 2. The van der Waals surface area contributed by atoms with Crippen LogP contribution in [0.5, 0.6) is 0 Å². The summed E-state index contributed by atoms with van der Waals surface area (Å²) in [5, 5.41) is 0. The van der Waals surface area contributed by atoms with Crippen LogP contribution in [0.4, 0.5) is 0 Å². The summed E-state index contributed by atoms with van der Waals surface area (Å²) in [6, 6.07) is 18.0. The molecular weight excluding hydrogens is 454 g/mol. The van der Waals surface area contributed by atoms with E-state index in [2.05, 4.69) is 98.2 Å². The third-order valence-corrected chi connectivity index (χ3v) is 30.7. The van der Waals surface area contributed by atoms with Gasteiger partial charge in [-0.2, -0.15) is 0 Å². The molecule has 2 unspecified atom stereocenters. The molecule has 0 aliphatic heterocycles. The van der Waals surface area contributed by atoms with E-state index in [9.17, 15) is 0 Å². The van der Waals surface area contributed by atoms with E-state index in [0.717, 1.165) is 0 Å². The van der Waals surface area contributed by atoms with Gasteiger partial charge in [0.1, 0.15) is 0 Å². The SMILES string of the molecule is Cl.Cl.[CH3][Zr]([CH3])([CH3])([CH3])(=[SiH2])([CH]1C=Cc2ccccc21)[CH]1C=Cc2ccccc21. The summed E-state index contributed by atoms with van der Waals surface area (Å²) in [5.41, 5.74) is 5.88. The average Bonchev–Trinajstić information content (AvgIpc) is 3.11. The molecule has 0 spiro atoms. The van der Waals surface area contributed by atoms with Crippen LogP contribution >= 0.6 is 24.8 Å². The zero-order chi connectivity index (χ0) is 17.3. The Balaban J connectivity index is 0.00000121. The molecule has 26 heavy (non-hydrogen) atoms. The van der Waals surface area contributed by atoms with E-state index in [1.807, 2.05) is 0 Å². The Morgan fingerprint density at radius 2 is 1.00 bits per heavy atom. The summed E-state index contributed by atoms with van der Waals surface area (Å²) < 4.78 is 11.7. The van der Waals surface area contributed by atoms with Crippen LogP contribution in [0.2, 0.25) is 18.5 Å². The second-order valence-corrected chi connectivity index (χ2v) is 72.7. The van der Waals surface area contributed by atoms with Gasteiger partial charge in [-0.1, -0.05) is 0 Å². The summed E-state index contributed by atoms with van der Waals surface area (Å²) in [6.45, 7) is 2.37. The van der Waals surface area contributed by atoms with Crippen molar-refractivity contribution in [3.63, 3.8) is 0 Å². The van der Waals surface area contributed by atoms with Gasteiger partial charge in [0.25, 0.3) is 0 Å². The molecule has 0 N–H and O–H groups in total. The first kappa shape index (κ1) is 21.9. The maximum atomic E-state index is 2.67.